The lowest BCUT2D eigenvalue weighted by atomic mass is 9.80. The number of halogens is 1. The van der Waals surface area contributed by atoms with Crippen molar-refractivity contribution in [3.63, 3.8) is 0 Å². The molecule has 0 amide bonds. The number of pyridine rings is 2. The third kappa shape index (κ3) is 8.28. The van der Waals surface area contributed by atoms with Gasteiger partial charge in [-0.2, -0.15) is 0 Å². The molecular formula is C46H52BClN2O2. The SMILES string of the molecule is CC(C)CB(O)O.Cc1cc(C)c2c(c1)-c1nc3cccc(CC(C)C)c3cc1CC2.Cc1cc(C)c2c(c1)-c1nc3cccc(Cl)c3cc1CC2. The predicted octanol–water partition coefficient (Wildman–Crippen LogP) is 11.2. The lowest BCUT2D eigenvalue weighted by Crippen LogP contribution is -2.12. The quantitative estimate of drug-likeness (QED) is 0.179. The van der Waals surface area contributed by atoms with Gasteiger partial charge in [-0.3, -0.25) is 0 Å². The molecule has 0 unspecified atom stereocenters. The van der Waals surface area contributed by atoms with Crippen molar-refractivity contribution < 1.29 is 10.0 Å². The van der Waals surface area contributed by atoms with Gasteiger partial charge < -0.3 is 10.0 Å². The van der Waals surface area contributed by atoms with E-state index in [1.54, 1.807) is 0 Å². The molecule has 0 bridgehead atoms. The topological polar surface area (TPSA) is 66.2 Å². The molecule has 2 aliphatic carbocycles. The number of hydrogen-bond donors (Lipinski definition) is 2. The molecule has 4 nitrogen and oxygen atoms in total. The number of nitrogens with zero attached hydrogens (tertiary/aromatic N) is 2. The van der Waals surface area contributed by atoms with E-state index in [0.717, 1.165) is 59.2 Å². The van der Waals surface area contributed by atoms with Crippen LogP contribution in [0.4, 0.5) is 0 Å². The van der Waals surface area contributed by atoms with E-state index in [9.17, 15) is 0 Å². The maximum Gasteiger partial charge on any atom is 0.451 e. The summed E-state index contributed by atoms with van der Waals surface area (Å²) in [5, 5.41) is 19.7. The van der Waals surface area contributed by atoms with Gasteiger partial charge in [0.05, 0.1) is 22.4 Å². The fourth-order valence-electron chi connectivity index (χ4n) is 7.99. The minimum Gasteiger partial charge on any atom is -0.427 e. The average Bonchev–Trinajstić information content (AvgIpc) is 3.07. The van der Waals surface area contributed by atoms with Crippen molar-refractivity contribution in [2.24, 2.45) is 11.8 Å². The van der Waals surface area contributed by atoms with Crippen LogP contribution in [0.2, 0.25) is 11.3 Å². The second kappa shape index (κ2) is 15.9. The van der Waals surface area contributed by atoms with Crippen molar-refractivity contribution >= 4 is 40.5 Å². The van der Waals surface area contributed by atoms with Gasteiger partial charge in [0.15, 0.2) is 0 Å². The van der Waals surface area contributed by atoms with Crippen LogP contribution in [0.5, 0.6) is 0 Å². The Morgan fingerprint density at radius 2 is 1.13 bits per heavy atom. The molecule has 2 N–H and O–H groups in total. The van der Waals surface area contributed by atoms with Crippen molar-refractivity contribution in [2.45, 2.75) is 93.8 Å². The van der Waals surface area contributed by atoms with Gasteiger partial charge in [-0.15, -0.1) is 0 Å². The van der Waals surface area contributed by atoms with Crippen LogP contribution in [0.3, 0.4) is 0 Å². The van der Waals surface area contributed by atoms with Crippen LogP contribution in [0.15, 0.2) is 72.8 Å². The first kappa shape index (κ1) is 37.7. The lowest BCUT2D eigenvalue weighted by Gasteiger charge is -2.22. The summed E-state index contributed by atoms with van der Waals surface area (Å²) in [4.78, 5) is 10.0. The average molecular weight is 711 g/mol. The van der Waals surface area contributed by atoms with Crippen LogP contribution < -0.4 is 0 Å². The van der Waals surface area contributed by atoms with E-state index in [4.69, 9.17) is 31.6 Å². The molecule has 2 aromatic heterocycles. The second-order valence-corrected chi connectivity index (χ2v) is 16.1. The smallest absolute Gasteiger partial charge is 0.427 e. The van der Waals surface area contributed by atoms with Gasteiger partial charge in [0, 0.05) is 26.9 Å². The first-order chi connectivity index (χ1) is 24.8. The van der Waals surface area contributed by atoms with Crippen LogP contribution in [0.1, 0.15) is 77.8 Å². The molecule has 0 atom stereocenters. The molecule has 0 saturated carbocycles. The summed E-state index contributed by atoms with van der Waals surface area (Å²) in [6.45, 7) is 17.2. The van der Waals surface area contributed by atoms with Crippen molar-refractivity contribution in [3.8, 4) is 22.5 Å². The normalized spacial score (nSPS) is 12.7. The molecule has 8 rings (SSSR count). The molecule has 268 valence electrons. The lowest BCUT2D eigenvalue weighted by molar-refractivity contribution is 0.394. The number of aryl methyl sites for hydroxylation is 6. The zero-order chi connectivity index (χ0) is 37.3. The maximum atomic E-state index is 8.28. The Morgan fingerprint density at radius 1 is 0.635 bits per heavy atom. The summed E-state index contributed by atoms with van der Waals surface area (Å²) < 4.78 is 0. The molecule has 6 heteroatoms. The maximum absolute atomic E-state index is 8.28. The summed E-state index contributed by atoms with van der Waals surface area (Å²) in [5.41, 5.74) is 19.6. The molecule has 4 aromatic carbocycles. The Labute approximate surface area is 315 Å². The minimum absolute atomic E-state index is 0.375. The number of benzene rings is 4. The molecule has 2 heterocycles. The first-order valence-electron chi connectivity index (χ1n) is 18.9. The standard InChI is InChI=1S/C23H25N.C19H16ClN.C4H11BO2/c1-14(2)10-17-6-5-7-22-20(17)13-18-8-9-19-16(4)11-15(3)12-21(19)23(18)24-22;1-11-8-12(2)14-7-6-13-10-16-17(20)4-3-5-18(16)21-19(13)15(14)9-11;1-4(2)3-5(6)7/h5-7,11-14H,8-10H2,1-4H3;3-5,8-10H,6-7H2,1-2H3;4,6-7H,3H2,1-2H3. The van der Waals surface area contributed by atoms with E-state index in [1.165, 1.54) is 72.3 Å². The third-order valence-electron chi connectivity index (χ3n) is 10.3. The molecule has 2 aliphatic rings. The van der Waals surface area contributed by atoms with Crippen LogP contribution in [0.25, 0.3) is 44.3 Å². The van der Waals surface area contributed by atoms with Gasteiger partial charge in [-0.25, -0.2) is 9.97 Å². The third-order valence-corrected chi connectivity index (χ3v) is 10.6. The van der Waals surface area contributed by atoms with Gasteiger partial charge in [0.25, 0.3) is 0 Å². The van der Waals surface area contributed by atoms with Crippen molar-refractivity contribution in [2.75, 3.05) is 0 Å². The van der Waals surface area contributed by atoms with E-state index < -0.39 is 7.12 Å². The van der Waals surface area contributed by atoms with E-state index in [-0.39, 0.29) is 0 Å². The van der Waals surface area contributed by atoms with E-state index >= 15 is 0 Å². The monoisotopic (exact) mass is 710 g/mol. The highest BCUT2D eigenvalue weighted by Gasteiger charge is 2.22. The van der Waals surface area contributed by atoms with Crippen molar-refractivity contribution in [3.05, 3.63) is 128 Å². The Kier molecular flexibility index (Phi) is 11.5. The fourth-order valence-corrected chi connectivity index (χ4v) is 8.21. The van der Waals surface area contributed by atoms with E-state index in [0.29, 0.717) is 18.2 Å². The zero-order valence-corrected chi connectivity index (χ0v) is 32.8. The Hall–Kier alpha value is -4.03. The van der Waals surface area contributed by atoms with E-state index in [1.807, 2.05) is 32.0 Å². The van der Waals surface area contributed by atoms with Gasteiger partial charge in [0.1, 0.15) is 0 Å². The van der Waals surface area contributed by atoms with Gasteiger partial charge in [-0.1, -0.05) is 80.8 Å². The molecule has 0 fully saturated rings. The minimum atomic E-state index is -1.13. The number of aromatic nitrogens is 2. The molecule has 0 aliphatic heterocycles. The molecular weight excluding hydrogens is 659 g/mol. The summed E-state index contributed by atoms with van der Waals surface area (Å²) in [7, 11) is -1.13. The molecule has 0 radical (unpaired) electrons. The van der Waals surface area contributed by atoms with Crippen LogP contribution in [-0.4, -0.2) is 27.1 Å². The Morgan fingerprint density at radius 3 is 1.62 bits per heavy atom. The number of fused-ring (bicyclic) bond motifs is 8. The van der Waals surface area contributed by atoms with E-state index in [2.05, 4.69) is 96.1 Å². The fraction of sp³-hybridized carbons (Fsp3) is 0.348. The van der Waals surface area contributed by atoms with Gasteiger partial charge >= 0.3 is 7.12 Å². The first-order valence-corrected chi connectivity index (χ1v) is 19.2. The number of rotatable bonds is 4. The highest BCUT2D eigenvalue weighted by Crippen LogP contribution is 2.39. The Balaban J connectivity index is 0.000000152. The second-order valence-electron chi connectivity index (χ2n) is 15.7. The molecule has 6 aromatic rings. The van der Waals surface area contributed by atoms with Crippen LogP contribution in [0, 0.1) is 39.5 Å². The molecule has 52 heavy (non-hydrogen) atoms. The van der Waals surface area contributed by atoms with Crippen molar-refractivity contribution in [1.29, 1.82) is 0 Å². The highest BCUT2D eigenvalue weighted by molar-refractivity contribution is 6.41. The Bertz CT molecular complexity index is 2250. The number of hydrogen-bond acceptors (Lipinski definition) is 4. The summed E-state index contributed by atoms with van der Waals surface area (Å²) >= 11 is 6.31. The van der Waals surface area contributed by atoms with Gasteiger partial charge in [-0.05, 0) is 159 Å². The zero-order valence-electron chi connectivity index (χ0n) is 32.1. The molecule has 0 spiro atoms. The summed E-state index contributed by atoms with van der Waals surface area (Å²) in [6, 6.07) is 26.3. The summed E-state index contributed by atoms with van der Waals surface area (Å²) in [6.07, 6.45) is 5.96. The van der Waals surface area contributed by atoms with Crippen LogP contribution >= 0.6 is 11.6 Å². The predicted molar refractivity (Wildman–Crippen MR) is 222 cm³/mol. The van der Waals surface area contributed by atoms with Crippen LogP contribution in [-0.2, 0) is 32.1 Å². The van der Waals surface area contributed by atoms with Gasteiger partial charge in [0.2, 0.25) is 0 Å². The summed E-state index contributed by atoms with van der Waals surface area (Å²) in [5.74, 6) is 1.04. The largest absolute Gasteiger partial charge is 0.451 e. The van der Waals surface area contributed by atoms with Crippen molar-refractivity contribution in [1.82, 2.24) is 9.97 Å². The highest BCUT2D eigenvalue weighted by atomic mass is 35.5. The molecule has 0 saturated heterocycles.